The van der Waals surface area contributed by atoms with Crippen molar-refractivity contribution in [2.45, 2.75) is 38.0 Å². The van der Waals surface area contributed by atoms with Crippen LogP contribution >= 0.6 is 11.8 Å². The summed E-state index contributed by atoms with van der Waals surface area (Å²) in [6.07, 6.45) is 2.71. The molecule has 15 heavy (non-hydrogen) atoms. The predicted molar refractivity (Wildman–Crippen MR) is 68.5 cm³/mol. The van der Waals surface area contributed by atoms with Gasteiger partial charge in [-0.3, -0.25) is 0 Å². The first-order chi connectivity index (χ1) is 7.29. The Morgan fingerprint density at radius 1 is 1.47 bits per heavy atom. The van der Waals surface area contributed by atoms with E-state index in [-0.39, 0.29) is 0 Å². The molecule has 2 rings (SSSR count). The lowest BCUT2D eigenvalue weighted by Crippen LogP contribution is -2.42. The molecule has 2 fully saturated rings. The van der Waals surface area contributed by atoms with Gasteiger partial charge < -0.3 is 10.2 Å². The van der Waals surface area contributed by atoms with Gasteiger partial charge in [0.05, 0.1) is 0 Å². The lowest BCUT2D eigenvalue weighted by atomic mass is 10.0. The fraction of sp³-hybridized carbons (Fsp3) is 1.00. The van der Waals surface area contributed by atoms with E-state index in [1.54, 1.807) is 0 Å². The van der Waals surface area contributed by atoms with Crippen LogP contribution < -0.4 is 5.32 Å². The highest BCUT2D eigenvalue weighted by Crippen LogP contribution is 2.24. The minimum Gasteiger partial charge on any atom is -0.314 e. The van der Waals surface area contributed by atoms with Crippen molar-refractivity contribution in [2.24, 2.45) is 5.92 Å². The lowest BCUT2D eigenvalue weighted by molar-refractivity contribution is 0.229. The van der Waals surface area contributed by atoms with Crippen molar-refractivity contribution in [3.63, 3.8) is 0 Å². The molecule has 2 saturated heterocycles. The first-order valence-corrected chi connectivity index (χ1v) is 7.41. The highest BCUT2D eigenvalue weighted by atomic mass is 32.2. The topological polar surface area (TPSA) is 15.3 Å². The third-order valence-electron chi connectivity index (χ3n) is 3.86. The van der Waals surface area contributed by atoms with Gasteiger partial charge in [0, 0.05) is 36.7 Å². The Morgan fingerprint density at radius 2 is 2.33 bits per heavy atom. The predicted octanol–water partition coefficient (Wildman–Crippen LogP) is 1.81. The van der Waals surface area contributed by atoms with Gasteiger partial charge in [0.2, 0.25) is 0 Å². The Hall–Kier alpha value is 0.270. The number of nitrogens with zero attached hydrogens (tertiary/aromatic N) is 1. The van der Waals surface area contributed by atoms with Crippen molar-refractivity contribution in [1.82, 2.24) is 10.2 Å². The van der Waals surface area contributed by atoms with Crippen LogP contribution in [-0.4, -0.2) is 48.1 Å². The van der Waals surface area contributed by atoms with Gasteiger partial charge >= 0.3 is 0 Å². The maximum atomic E-state index is 3.55. The summed E-state index contributed by atoms with van der Waals surface area (Å²) < 4.78 is 0. The monoisotopic (exact) mass is 228 g/mol. The quantitative estimate of drug-likeness (QED) is 0.793. The van der Waals surface area contributed by atoms with Gasteiger partial charge in [-0.1, -0.05) is 6.92 Å². The summed E-state index contributed by atoms with van der Waals surface area (Å²) in [5.74, 6) is 2.23. The van der Waals surface area contributed by atoms with E-state index >= 15 is 0 Å². The molecule has 0 radical (unpaired) electrons. The Balaban J connectivity index is 1.78. The molecule has 0 saturated carbocycles. The summed E-state index contributed by atoms with van der Waals surface area (Å²) in [6, 6.07) is 0.736. The Morgan fingerprint density at radius 3 is 3.00 bits per heavy atom. The van der Waals surface area contributed by atoms with Gasteiger partial charge in [0.1, 0.15) is 0 Å². The zero-order chi connectivity index (χ0) is 10.7. The van der Waals surface area contributed by atoms with Crippen molar-refractivity contribution >= 4 is 11.8 Å². The zero-order valence-electron chi connectivity index (χ0n) is 10.0. The molecule has 3 unspecified atom stereocenters. The SMILES string of the molecule is CCC1CN(CC2CCNC2C)CCS1. The third-order valence-corrected chi connectivity index (χ3v) is 5.23. The highest BCUT2D eigenvalue weighted by molar-refractivity contribution is 8.00. The molecule has 0 spiro atoms. The van der Waals surface area contributed by atoms with Crippen molar-refractivity contribution in [3.8, 4) is 0 Å². The van der Waals surface area contributed by atoms with Crippen LogP contribution in [0.3, 0.4) is 0 Å². The molecule has 0 aromatic rings. The van der Waals surface area contributed by atoms with Gasteiger partial charge in [0.15, 0.2) is 0 Å². The smallest absolute Gasteiger partial charge is 0.0172 e. The number of thioether (sulfide) groups is 1. The minimum atomic E-state index is 0.736. The van der Waals surface area contributed by atoms with Crippen LogP contribution in [0, 0.1) is 5.92 Å². The molecule has 0 aromatic carbocycles. The summed E-state index contributed by atoms with van der Waals surface area (Å²) >= 11 is 2.17. The average Bonchev–Trinajstić information content (AvgIpc) is 2.65. The molecule has 2 heterocycles. The fourth-order valence-electron chi connectivity index (χ4n) is 2.69. The van der Waals surface area contributed by atoms with Crippen LogP contribution in [0.2, 0.25) is 0 Å². The van der Waals surface area contributed by atoms with E-state index in [4.69, 9.17) is 0 Å². The van der Waals surface area contributed by atoms with E-state index in [9.17, 15) is 0 Å². The van der Waals surface area contributed by atoms with Gasteiger partial charge in [-0.25, -0.2) is 0 Å². The zero-order valence-corrected chi connectivity index (χ0v) is 10.9. The Kier molecular flexibility index (Phi) is 4.35. The van der Waals surface area contributed by atoms with E-state index < -0.39 is 0 Å². The lowest BCUT2D eigenvalue weighted by Gasteiger charge is -2.34. The largest absolute Gasteiger partial charge is 0.314 e. The molecule has 3 atom stereocenters. The van der Waals surface area contributed by atoms with Crippen LogP contribution in [-0.2, 0) is 0 Å². The summed E-state index contributed by atoms with van der Waals surface area (Å²) in [5, 5.41) is 4.44. The molecule has 0 aliphatic carbocycles. The van der Waals surface area contributed by atoms with E-state index in [2.05, 4.69) is 35.8 Å². The second kappa shape index (κ2) is 5.55. The highest BCUT2D eigenvalue weighted by Gasteiger charge is 2.27. The molecule has 3 heteroatoms. The molecule has 1 N–H and O–H groups in total. The Labute approximate surface area is 98.2 Å². The van der Waals surface area contributed by atoms with Crippen LogP contribution in [0.15, 0.2) is 0 Å². The van der Waals surface area contributed by atoms with Gasteiger partial charge in [-0.2, -0.15) is 11.8 Å². The third kappa shape index (κ3) is 3.11. The van der Waals surface area contributed by atoms with E-state index in [0.29, 0.717) is 0 Å². The van der Waals surface area contributed by atoms with Crippen LogP contribution in [0.4, 0.5) is 0 Å². The minimum absolute atomic E-state index is 0.736. The van der Waals surface area contributed by atoms with Gasteiger partial charge in [-0.15, -0.1) is 0 Å². The van der Waals surface area contributed by atoms with Crippen LogP contribution in [0.25, 0.3) is 0 Å². The summed E-state index contributed by atoms with van der Waals surface area (Å²) in [4.78, 5) is 2.69. The molecular weight excluding hydrogens is 204 g/mol. The maximum absolute atomic E-state index is 3.55. The average molecular weight is 228 g/mol. The van der Waals surface area contributed by atoms with E-state index in [1.165, 1.54) is 44.8 Å². The molecule has 88 valence electrons. The van der Waals surface area contributed by atoms with Gasteiger partial charge in [-0.05, 0) is 32.2 Å². The normalized spacial score (nSPS) is 38.4. The second-order valence-corrected chi connectivity index (χ2v) is 6.36. The van der Waals surface area contributed by atoms with Gasteiger partial charge in [0.25, 0.3) is 0 Å². The molecule has 0 amide bonds. The summed E-state index contributed by atoms with van der Waals surface area (Å²) in [7, 11) is 0. The summed E-state index contributed by atoms with van der Waals surface area (Å²) in [5.41, 5.74) is 0. The number of rotatable bonds is 3. The Bertz CT molecular complexity index is 198. The molecule has 2 aliphatic rings. The molecular formula is C12H24N2S. The second-order valence-electron chi connectivity index (χ2n) is 4.95. The number of hydrogen-bond acceptors (Lipinski definition) is 3. The maximum Gasteiger partial charge on any atom is 0.0172 e. The molecule has 2 nitrogen and oxygen atoms in total. The first kappa shape index (κ1) is 11.7. The van der Waals surface area contributed by atoms with Crippen molar-refractivity contribution < 1.29 is 0 Å². The molecule has 0 bridgehead atoms. The fourth-order valence-corrected chi connectivity index (χ4v) is 3.94. The van der Waals surface area contributed by atoms with E-state index in [0.717, 1.165) is 17.2 Å². The van der Waals surface area contributed by atoms with Crippen LogP contribution in [0.1, 0.15) is 26.7 Å². The van der Waals surface area contributed by atoms with Crippen LogP contribution in [0.5, 0.6) is 0 Å². The van der Waals surface area contributed by atoms with Crippen molar-refractivity contribution in [1.29, 1.82) is 0 Å². The number of nitrogens with one attached hydrogen (secondary N) is 1. The van der Waals surface area contributed by atoms with E-state index in [1.807, 2.05) is 0 Å². The molecule has 0 aromatic heterocycles. The van der Waals surface area contributed by atoms with Crippen molar-refractivity contribution in [3.05, 3.63) is 0 Å². The van der Waals surface area contributed by atoms with Crippen molar-refractivity contribution in [2.75, 3.05) is 31.9 Å². The standard InChI is InChI=1S/C12H24N2S/c1-3-12-9-14(6-7-15-12)8-11-4-5-13-10(11)2/h10-13H,3-9H2,1-2H3. The number of hydrogen-bond donors (Lipinski definition) is 1. The first-order valence-electron chi connectivity index (χ1n) is 6.37. The summed E-state index contributed by atoms with van der Waals surface area (Å²) in [6.45, 7) is 9.85. The molecule has 2 aliphatic heterocycles.